The summed E-state index contributed by atoms with van der Waals surface area (Å²) in [4.78, 5) is 52.6. The number of methoxy groups -OCH3 is 1. The van der Waals surface area contributed by atoms with Crippen LogP contribution in [0.1, 0.15) is 60.3 Å². The van der Waals surface area contributed by atoms with E-state index in [-0.39, 0.29) is 42.0 Å². The molecule has 2 fully saturated rings. The Bertz CT molecular complexity index is 1270. The third-order valence-corrected chi connectivity index (χ3v) is 8.57. The maximum atomic E-state index is 14.0. The summed E-state index contributed by atoms with van der Waals surface area (Å²) in [5, 5.41) is 14.6. The number of carbonyl (C=O) groups excluding carboxylic acids is 4. The zero-order valence-electron chi connectivity index (χ0n) is 23.4. The number of nitrogens with one attached hydrogen (secondary N) is 1. The van der Waals surface area contributed by atoms with Gasteiger partial charge in [0.15, 0.2) is 5.76 Å². The number of aliphatic hydroxyl groups excluding tert-OH is 1. The monoisotopic (exact) mass is 539 g/mol. The lowest BCUT2D eigenvalue weighted by Gasteiger charge is -2.53. The number of hydrogen-bond acceptors (Lipinski definition) is 9. The van der Waals surface area contributed by atoms with E-state index in [0.717, 1.165) is 12.1 Å². The standard InChI is InChI=1S/C30H37NO8/c1-7-9-17(10-8-2)31-14-18-24-27(35)26(34)23-19-11-12-21(33)29(19,4)13-20(38-16(3)32)25(23)30(24,5)22(15-37-6)39-28(18)36/h7,9-10,14,19-20,22,31,35H,8,11-13,15H2,1-6H3/b9-7-,17-10+,18-14+/t19?,20?,22-,29?,30?/m1/s1. The summed E-state index contributed by atoms with van der Waals surface area (Å²) in [6.45, 7) is 8.65. The first-order valence-electron chi connectivity index (χ1n) is 13.4. The third kappa shape index (κ3) is 4.46. The zero-order valence-corrected chi connectivity index (χ0v) is 23.4. The first kappa shape index (κ1) is 28.5. The lowest BCUT2D eigenvalue weighted by Crippen LogP contribution is -2.57. The van der Waals surface area contributed by atoms with Crippen LogP contribution in [0.25, 0.3) is 0 Å². The maximum Gasteiger partial charge on any atom is 0.340 e. The summed E-state index contributed by atoms with van der Waals surface area (Å²) >= 11 is 0. The van der Waals surface area contributed by atoms with E-state index >= 15 is 0 Å². The number of ether oxygens (including phenoxy) is 3. The van der Waals surface area contributed by atoms with Gasteiger partial charge >= 0.3 is 11.9 Å². The molecule has 0 spiro atoms. The summed E-state index contributed by atoms with van der Waals surface area (Å²) in [5.74, 6) is -2.98. The van der Waals surface area contributed by atoms with Crippen molar-refractivity contribution < 1.29 is 38.5 Å². The van der Waals surface area contributed by atoms with Crippen LogP contribution in [-0.2, 0) is 33.4 Å². The van der Waals surface area contributed by atoms with Gasteiger partial charge in [-0.1, -0.05) is 26.0 Å². The molecule has 0 aromatic carbocycles. The number of allylic oxidation sites excluding steroid dienone is 4. The second kappa shape index (κ2) is 10.6. The number of cyclic esters (lactones) is 1. The van der Waals surface area contributed by atoms with Gasteiger partial charge in [-0.2, -0.15) is 0 Å². The predicted molar refractivity (Wildman–Crippen MR) is 142 cm³/mol. The zero-order chi connectivity index (χ0) is 28.7. The van der Waals surface area contributed by atoms with Crippen LogP contribution in [0.15, 0.2) is 58.2 Å². The number of hydrogen-bond donors (Lipinski definition) is 2. The van der Waals surface area contributed by atoms with Crippen molar-refractivity contribution in [3.8, 4) is 0 Å². The van der Waals surface area contributed by atoms with E-state index in [1.165, 1.54) is 20.2 Å². The van der Waals surface area contributed by atoms with E-state index < -0.39 is 52.4 Å². The molecule has 39 heavy (non-hydrogen) atoms. The number of rotatable bonds is 7. The third-order valence-electron chi connectivity index (χ3n) is 8.57. The highest BCUT2D eigenvalue weighted by Crippen LogP contribution is 2.62. The van der Waals surface area contributed by atoms with Crippen LogP contribution in [0.4, 0.5) is 0 Å². The Morgan fingerprint density at radius 1 is 1.26 bits per heavy atom. The highest BCUT2D eigenvalue weighted by Gasteiger charge is 2.64. The number of aliphatic hydroxyl groups is 1. The number of Topliss-reactive ketones (excluding diaryl/α,β-unsaturated/α-hetero) is 2. The van der Waals surface area contributed by atoms with Gasteiger partial charge in [-0.05, 0) is 38.3 Å². The highest BCUT2D eigenvalue weighted by molar-refractivity contribution is 6.14. The summed E-state index contributed by atoms with van der Waals surface area (Å²) < 4.78 is 17.1. The van der Waals surface area contributed by atoms with Gasteiger partial charge in [-0.3, -0.25) is 14.4 Å². The van der Waals surface area contributed by atoms with Gasteiger partial charge in [0.1, 0.15) is 18.0 Å². The molecule has 4 unspecified atom stereocenters. The van der Waals surface area contributed by atoms with Crippen molar-refractivity contribution >= 4 is 23.5 Å². The Hall–Kier alpha value is -3.46. The molecule has 9 nitrogen and oxygen atoms in total. The average molecular weight is 540 g/mol. The van der Waals surface area contributed by atoms with Crippen LogP contribution < -0.4 is 5.32 Å². The molecule has 1 aliphatic heterocycles. The van der Waals surface area contributed by atoms with E-state index in [1.54, 1.807) is 13.8 Å². The number of esters is 2. The molecular formula is C30H37NO8. The minimum Gasteiger partial charge on any atom is -0.504 e. The SMILES string of the molecule is C/C=C\C(=C/CC)N/C=C1/C(=O)O[C@H](COC)C2(C)C1=C(O)C(=O)C1=C2C(OC(C)=O)CC2(C)C(=O)CCC12. The second-order valence-corrected chi connectivity index (χ2v) is 10.9. The second-order valence-electron chi connectivity index (χ2n) is 10.9. The lowest BCUT2D eigenvalue weighted by atomic mass is 9.53. The molecule has 4 aliphatic rings. The minimum absolute atomic E-state index is 0.00376. The number of ketones is 2. The fraction of sp³-hybridized carbons (Fsp3) is 0.533. The Kier molecular flexibility index (Phi) is 7.76. The Morgan fingerprint density at radius 2 is 1.97 bits per heavy atom. The van der Waals surface area contributed by atoms with Crippen molar-refractivity contribution in [2.24, 2.45) is 16.7 Å². The van der Waals surface area contributed by atoms with Crippen molar-refractivity contribution in [1.29, 1.82) is 0 Å². The summed E-state index contributed by atoms with van der Waals surface area (Å²) in [7, 11) is 1.46. The lowest BCUT2D eigenvalue weighted by molar-refractivity contribution is -0.160. The van der Waals surface area contributed by atoms with E-state index in [4.69, 9.17) is 14.2 Å². The normalized spacial score (nSPS) is 33.8. The Balaban J connectivity index is 1.98. The molecule has 9 heteroatoms. The number of fused-ring (bicyclic) bond motifs is 4. The smallest absolute Gasteiger partial charge is 0.340 e. The van der Waals surface area contributed by atoms with Crippen LogP contribution in [0, 0.1) is 16.7 Å². The maximum absolute atomic E-state index is 14.0. The molecule has 5 atom stereocenters. The van der Waals surface area contributed by atoms with Gasteiger partial charge in [-0.15, -0.1) is 0 Å². The molecule has 4 rings (SSSR count). The molecule has 0 radical (unpaired) electrons. The molecule has 1 saturated heterocycles. The molecule has 0 bridgehead atoms. The van der Waals surface area contributed by atoms with E-state index in [9.17, 15) is 24.3 Å². The summed E-state index contributed by atoms with van der Waals surface area (Å²) in [6.07, 6.45) is 6.84. The molecule has 1 saturated carbocycles. The molecule has 0 aromatic heterocycles. The molecule has 0 aromatic rings. The van der Waals surface area contributed by atoms with Crippen molar-refractivity contribution in [2.75, 3.05) is 13.7 Å². The van der Waals surface area contributed by atoms with E-state index in [1.807, 2.05) is 32.1 Å². The molecular weight excluding hydrogens is 502 g/mol. The fourth-order valence-corrected chi connectivity index (χ4v) is 6.83. The van der Waals surface area contributed by atoms with Crippen LogP contribution in [0.5, 0.6) is 0 Å². The topological polar surface area (TPSA) is 128 Å². The molecule has 3 aliphatic carbocycles. The van der Waals surface area contributed by atoms with Gasteiger partial charge in [-0.25, -0.2) is 4.79 Å². The molecule has 0 amide bonds. The van der Waals surface area contributed by atoms with Gasteiger partial charge in [0, 0.05) is 61.3 Å². The van der Waals surface area contributed by atoms with Gasteiger partial charge < -0.3 is 24.6 Å². The van der Waals surface area contributed by atoms with Crippen LogP contribution >= 0.6 is 0 Å². The quantitative estimate of drug-likeness (QED) is 0.281. The number of carbonyl (C=O) groups is 4. The van der Waals surface area contributed by atoms with E-state index in [0.29, 0.717) is 12.0 Å². The fourth-order valence-electron chi connectivity index (χ4n) is 6.83. The van der Waals surface area contributed by atoms with Crippen LogP contribution in [0.2, 0.25) is 0 Å². The molecule has 2 N–H and O–H groups in total. The first-order valence-corrected chi connectivity index (χ1v) is 13.4. The van der Waals surface area contributed by atoms with Crippen molar-refractivity contribution in [2.45, 2.75) is 72.5 Å². The molecule has 1 heterocycles. The van der Waals surface area contributed by atoms with Crippen molar-refractivity contribution in [3.63, 3.8) is 0 Å². The largest absolute Gasteiger partial charge is 0.504 e. The average Bonchev–Trinajstić information content (AvgIpc) is 3.16. The van der Waals surface area contributed by atoms with Crippen molar-refractivity contribution in [1.82, 2.24) is 5.32 Å². The highest BCUT2D eigenvalue weighted by atomic mass is 16.6. The summed E-state index contributed by atoms with van der Waals surface area (Å²) in [6, 6.07) is 0. The van der Waals surface area contributed by atoms with Gasteiger partial charge in [0.2, 0.25) is 5.78 Å². The first-order chi connectivity index (χ1) is 18.4. The Morgan fingerprint density at radius 3 is 2.59 bits per heavy atom. The summed E-state index contributed by atoms with van der Waals surface area (Å²) in [5.41, 5.74) is -0.643. The van der Waals surface area contributed by atoms with Gasteiger partial charge in [0.25, 0.3) is 0 Å². The van der Waals surface area contributed by atoms with E-state index in [2.05, 4.69) is 5.32 Å². The predicted octanol–water partition coefficient (Wildman–Crippen LogP) is 3.92. The molecule has 210 valence electrons. The van der Waals surface area contributed by atoms with Crippen LogP contribution in [0.3, 0.4) is 0 Å². The van der Waals surface area contributed by atoms with Crippen LogP contribution in [-0.4, -0.2) is 54.5 Å². The minimum atomic E-state index is -1.27. The van der Waals surface area contributed by atoms with Gasteiger partial charge in [0.05, 0.1) is 17.6 Å². The Labute approximate surface area is 228 Å². The van der Waals surface area contributed by atoms with Crippen molar-refractivity contribution in [3.05, 3.63) is 58.2 Å².